The van der Waals surface area contributed by atoms with E-state index in [1.165, 1.54) is 0 Å². The van der Waals surface area contributed by atoms with E-state index >= 15 is 0 Å². The molecule has 1 saturated heterocycles. The van der Waals surface area contributed by atoms with Gasteiger partial charge in [0.2, 0.25) is 0 Å². The summed E-state index contributed by atoms with van der Waals surface area (Å²) < 4.78 is 16.4. The minimum Gasteiger partial charge on any atom is -0.497 e. The lowest BCUT2D eigenvalue weighted by Crippen LogP contribution is -2.46. The number of methoxy groups -OCH3 is 1. The van der Waals surface area contributed by atoms with Crippen LogP contribution in [0.3, 0.4) is 0 Å². The Morgan fingerprint density at radius 1 is 1.25 bits per heavy atom. The van der Waals surface area contributed by atoms with Crippen LogP contribution < -0.4 is 10.1 Å². The third-order valence-electron chi connectivity index (χ3n) is 5.58. The van der Waals surface area contributed by atoms with Gasteiger partial charge in [-0.15, -0.1) is 0 Å². The summed E-state index contributed by atoms with van der Waals surface area (Å²) in [5.41, 5.74) is -0.343. The Morgan fingerprint density at radius 3 is 2.79 bits per heavy atom. The zero-order valence-corrected chi connectivity index (χ0v) is 16.1. The average Bonchev–Trinajstić information content (AvgIpc) is 3.38. The highest BCUT2D eigenvalue weighted by Crippen LogP contribution is 2.36. The first-order valence-electron chi connectivity index (χ1n) is 9.98. The molecule has 1 atom stereocenters. The summed E-state index contributed by atoms with van der Waals surface area (Å²) in [4.78, 5) is 21.8. The maximum Gasteiger partial charge on any atom is 0.270 e. The number of ether oxygens (including phenoxy) is 2. The molecular weight excluding hydrogens is 360 g/mol. The molecule has 28 heavy (non-hydrogen) atoms. The molecule has 1 amide bonds. The molecule has 1 N–H and O–H groups in total. The van der Waals surface area contributed by atoms with E-state index < -0.39 is 5.54 Å². The zero-order valence-electron chi connectivity index (χ0n) is 16.1. The molecule has 2 aliphatic rings. The van der Waals surface area contributed by atoms with Crippen molar-refractivity contribution in [2.24, 2.45) is 0 Å². The predicted octanol–water partition coefficient (Wildman–Crippen LogP) is 3.30. The van der Waals surface area contributed by atoms with E-state index in [4.69, 9.17) is 14.0 Å². The average molecular weight is 386 g/mol. The normalized spacial score (nSPS) is 21.8. The van der Waals surface area contributed by atoms with Crippen molar-refractivity contribution in [3.63, 3.8) is 0 Å². The molecule has 0 bridgehead atoms. The number of carbonyl (C=O) groups is 1. The van der Waals surface area contributed by atoms with Crippen LogP contribution in [0.15, 0.2) is 22.9 Å². The molecule has 150 valence electrons. The highest BCUT2D eigenvalue weighted by atomic mass is 16.5. The van der Waals surface area contributed by atoms with E-state index in [1.54, 1.807) is 25.4 Å². The van der Waals surface area contributed by atoms with Gasteiger partial charge in [-0.05, 0) is 31.7 Å². The molecule has 1 saturated carbocycles. The van der Waals surface area contributed by atoms with Crippen LogP contribution >= 0.6 is 0 Å². The number of nitrogens with zero attached hydrogens (tertiary/aromatic N) is 3. The minimum atomic E-state index is -0.654. The molecule has 0 unspecified atom stereocenters. The molecular formula is C20H26N4O4. The fraction of sp³-hybridized carbons (Fsp3) is 0.600. The van der Waals surface area contributed by atoms with Crippen LogP contribution in [0.4, 0.5) is 0 Å². The summed E-state index contributed by atoms with van der Waals surface area (Å²) in [5.74, 6) is 1.38. The van der Waals surface area contributed by atoms with Crippen LogP contribution in [0, 0.1) is 0 Å². The van der Waals surface area contributed by atoms with Crippen LogP contribution in [-0.2, 0) is 10.3 Å². The van der Waals surface area contributed by atoms with Crippen molar-refractivity contribution in [1.82, 2.24) is 20.4 Å². The summed E-state index contributed by atoms with van der Waals surface area (Å²) in [5, 5.41) is 7.43. The quantitative estimate of drug-likeness (QED) is 0.787. The van der Waals surface area contributed by atoms with E-state index in [0.29, 0.717) is 29.8 Å². The van der Waals surface area contributed by atoms with E-state index in [1.807, 2.05) is 0 Å². The Bertz CT molecular complexity index is 808. The van der Waals surface area contributed by atoms with E-state index in [2.05, 4.69) is 20.4 Å². The van der Waals surface area contributed by atoms with Gasteiger partial charge in [0.15, 0.2) is 5.82 Å². The predicted molar refractivity (Wildman–Crippen MR) is 99.9 cm³/mol. The van der Waals surface area contributed by atoms with Crippen LogP contribution in [-0.4, -0.2) is 34.7 Å². The first-order valence-corrected chi connectivity index (χ1v) is 9.98. The number of carbonyl (C=O) groups excluding carboxylic acids is 1. The van der Waals surface area contributed by atoms with Gasteiger partial charge in [-0.1, -0.05) is 30.8 Å². The third-order valence-corrected chi connectivity index (χ3v) is 5.58. The SMILES string of the molecule is COc1ccnc(C(=O)NC2(c3noc([C@H]4CCCO4)n3)CCCCCC2)c1. The second kappa shape index (κ2) is 8.26. The largest absolute Gasteiger partial charge is 0.497 e. The van der Waals surface area contributed by atoms with E-state index in [-0.39, 0.29) is 12.0 Å². The first-order chi connectivity index (χ1) is 13.7. The molecule has 0 radical (unpaired) electrons. The third kappa shape index (κ3) is 3.87. The Kier molecular flexibility index (Phi) is 5.57. The standard InChI is InChI=1S/C20H26N4O4/c1-26-14-8-11-21-15(13-14)17(25)23-20(9-4-2-3-5-10-20)19-22-18(28-24-19)16-7-6-12-27-16/h8,11,13,16H,2-7,9-10,12H2,1H3,(H,23,25)/t16-/m1/s1. The van der Waals surface area contributed by atoms with Gasteiger partial charge >= 0.3 is 0 Å². The second-order valence-corrected chi connectivity index (χ2v) is 7.49. The number of nitrogens with one attached hydrogen (secondary N) is 1. The molecule has 1 aliphatic carbocycles. The number of amides is 1. The van der Waals surface area contributed by atoms with Gasteiger partial charge in [-0.2, -0.15) is 4.98 Å². The maximum atomic E-state index is 13.0. The van der Waals surface area contributed by atoms with Gasteiger partial charge in [0.1, 0.15) is 23.1 Å². The molecule has 8 nitrogen and oxygen atoms in total. The molecule has 4 rings (SSSR count). The summed E-state index contributed by atoms with van der Waals surface area (Å²) in [6, 6.07) is 3.35. The maximum absolute atomic E-state index is 13.0. The van der Waals surface area contributed by atoms with Gasteiger partial charge in [-0.3, -0.25) is 9.78 Å². The number of rotatable bonds is 5. The Labute approximate surface area is 164 Å². The van der Waals surface area contributed by atoms with Crippen molar-refractivity contribution >= 4 is 5.91 Å². The fourth-order valence-corrected chi connectivity index (χ4v) is 4.01. The van der Waals surface area contributed by atoms with Gasteiger partial charge in [0.25, 0.3) is 11.8 Å². The monoisotopic (exact) mass is 386 g/mol. The van der Waals surface area contributed by atoms with Crippen molar-refractivity contribution in [1.29, 1.82) is 0 Å². The number of pyridine rings is 1. The van der Waals surface area contributed by atoms with Crippen molar-refractivity contribution in [3.05, 3.63) is 35.7 Å². The molecule has 1 aliphatic heterocycles. The summed E-state index contributed by atoms with van der Waals surface area (Å²) in [6.07, 6.45) is 9.10. The van der Waals surface area contributed by atoms with Gasteiger partial charge in [0, 0.05) is 18.9 Å². The minimum absolute atomic E-state index is 0.139. The fourth-order valence-electron chi connectivity index (χ4n) is 4.01. The summed E-state index contributed by atoms with van der Waals surface area (Å²) in [6.45, 7) is 0.714. The molecule has 2 aromatic heterocycles. The zero-order chi connectivity index (χ0) is 19.4. The Morgan fingerprint density at radius 2 is 2.07 bits per heavy atom. The molecule has 8 heteroatoms. The summed E-state index contributed by atoms with van der Waals surface area (Å²) >= 11 is 0. The topological polar surface area (TPSA) is 99.4 Å². The van der Waals surface area contributed by atoms with Crippen molar-refractivity contribution in [2.45, 2.75) is 63.0 Å². The van der Waals surface area contributed by atoms with E-state index in [0.717, 1.165) is 51.4 Å². The Balaban J connectivity index is 1.61. The van der Waals surface area contributed by atoms with Crippen LogP contribution in [0.2, 0.25) is 0 Å². The van der Waals surface area contributed by atoms with Gasteiger partial charge in [0.05, 0.1) is 7.11 Å². The lowest BCUT2D eigenvalue weighted by Gasteiger charge is -2.30. The number of hydrogen-bond acceptors (Lipinski definition) is 7. The highest BCUT2D eigenvalue weighted by Gasteiger charge is 2.40. The number of hydrogen-bond donors (Lipinski definition) is 1. The van der Waals surface area contributed by atoms with E-state index in [9.17, 15) is 4.79 Å². The van der Waals surface area contributed by atoms with Crippen LogP contribution in [0.5, 0.6) is 5.75 Å². The molecule has 2 aromatic rings. The van der Waals surface area contributed by atoms with Crippen LogP contribution in [0.1, 0.15) is 79.7 Å². The molecule has 3 heterocycles. The first kappa shape index (κ1) is 18.9. The second-order valence-electron chi connectivity index (χ2n) is 7.49. The van der Waals surface area contributed by atoms with Gasteiger partial charge in [-0.25, -0.2) is 0 Å². The van der Waals surface area contributed by atoms with Crippen molar-refractivity contribution < 1.29 is 18.8 Å². The Hall–Kier alpha value is -2.48. The van der Waals surface area contributed by atoms with Gasteiger partial charge < -0.3 is 19.3 Å². The smallest absolute Gasteiger partial charge is 0.270 e. The summed E-state index contributed by atoms with van der Waals surface area (Å²) in [7, 11) is 1.57. The lowest BCUT2D eigenvalue weighted by atomic mass is 9.89. The van der Waals surface area contributed by atoms with Crippen molar-refractivity contribution in [3.8, 4) is 5.75 Å². The highest BCUT2D eigenvalue weighted by molar-refractivity contribution is 5.93. The molecule has 2 fully saturated rings. The van der Waals surface area contributed by atoms with Crippen molar-refractivity contribution in [2.75, 3.05) is 13.7 Å². The lowest BCUT2D eigenvalue weighted by molar-refractivity contribution is 0.0833. The number of aromatic nitrogens is 3. The molecule has 0 aromatic carbocycles. The molecule has 0 spiro atoms. The van der Waals surface area contributed by atoms with Crippen LogP contribution in [0.25, 0.3) is 0 Å².